The van der Waals surface area contributed by atoms with Crippen molar-refractivity contribution in [1.29, 1.82) is 0 Å². The Morgan fingerprint density at radius 1 is 1.14 bits per heavy atom. The SMILES string of the molecule is CN1CCN(Cc2cnc[nH]2)CC12CCN(C(=O)CCc1ccccc1)CC2. The molecule has 28 heavy (non-hydrogen) atoms. The predicted octanol–water partition coefficient (Wildman–Crippen LogP) is 2.15. The number of aromatic amines is 1. The molecule has 2 aliphatic heterocycles. The normalized spacial score (nSPS) is 20.5. The summed E-state index contributed by atoms with van der Waals surface area (Å²) in [5, 5.41) is 0. The van der Waals surface area contributed by atoms with Crippen molar-refractivity contribution in [2.45, 2.75) is 37.8 Å². The highest BCUT2D eigenvalue weighted by Gasteiger charge is 2.42. The summed E-state index contributed by atoms with van der Waals surface area (Å²) in [6, 6.07) is 10.3. The molecule has 2 aromatic rings. The topological polar surface area (TPSA) is 55.5 Å². The Hall–Kier alpha value is -2.18. The van der Waals surface area contributed by atoms with Crippen LogP contribution >= 0.6 is 0 Å². The zero-order valence-electron chi connectivity index (χ0n) is 16.8. The average molecular weight is 382 g/mol. The lowest BCUT2D eigenvalue weighted by Crippen LogP contribution is -2.64. The number of benzene rings is 1. The quantitative estimate of drug-likeness (QED) is 0.862. The Kier molecular flexibility index (Phi) is 5.78. The molecule has 2 aliphatic rings. The Balaban J connectivity index is 1.30. The maximum absolute atomic E-state index is 12.7. The van der Waals surface area contributed by atoms with E-state index in [2.05, 4.69) is 43.8 Å². The van der Waals surface area contributed by atoms with Gasteiger partial charge in [0.25, 0.3) is 0 Å². The third kappa shape index (κ3) is 4.28. The van der Waals surface area contributed by atoms with Crippen molar-refractivity contribution in [1.82, 2.24) is 24.7 Å². The standard InChI is InChI=1S/C22H31N5O/c1-25-13-14-26(16-20-15-23-18-24-20)17-22(25)9-11-27(12-10-22)21(28)8-7-19-5-3-2-4-6-19/h2-6,15,18H,7-14,16-17H2,1H3,(H,23,24). The number of carbonyl (C=O) groups excluding carboxylic acids is 1. The molecule has 1 aromatic heterocycles. The number of hydrogen-bond acceptors (Lipinski definition) is 4. The van der Waals surface area contributed by atoms with Crippen molar-refractivity contribution in [2.75, 3.05) is 39.8 Å². The lowest BCUT2D eigenvalue weighted by Gasteiger charge is -2.53. The van der Waals surface area contributed by atoms with Gasteiger partial charge in [-0.3, -0.25) is 14.6 Å². The van der Waals surface area contributed by atoms with Crippen molar-refractivity contribution in [3.05, 3.63) is 54.1 Å². The minimum Gasteiger partial charge on any atom is -0.347 e. The lowest BCUT2D eigenvalue weighted by atomic mass is 9.83. The summed E-state index contributed by atoms with van der Waals surface area (Å²) < 4.78 is 0. The third-order valence-electron chi connectivity index (χ3n) is 6.55. The van der Waals surface area contributed by atoms with E-state index in [1.165, 1.54) is 11.3 Å². The van der Waals surface area contributed by atoms with Gasteiger partial charge in [-0.1, -0.05) is 30.3 Å². The van der Waals surface area contributed by atoms with E-state index in [9.17, 15) is 4.79 Å². The van der Waals surface area contributed by atoms with Crippen molar-refractivity contribution < 1.29 is 4.79 Å². The lowest BCUT2D eigenvalue weighted by molar-refractivity contribution is -0.135. The van der Waals surface area contributed by atoms with Crippen LogP contribution in [-0.4, -0.2) is 75.9 Å². The molecule has 1 N–H and O–H groups in total. The first-order chi connectivity index (χ1) is 13.6. The van der Waals surface area contributed by atoms with Gasteiger partial charge in [0, 0.05) is 63.1 Å². The Morgan fingerprint density at radius 3 is 2.64 bits per heavy atom. The number of aryl methyl sites for hydroxylation is 1. The maximum atomic E-state index is 12.7. The molecular weight excluding hydrogens is 350 g/mol. The summed E-state index contributed by atoms with van der Waals surface area (Å²) in [5.41, 5.74) is 2.60. The van der Waals surface area contributed by atoms with Crippen molar-refractivity contribution in [3.63, 3.8) is 0 Å². The molecule has 1 aromatic carbocycles. The minimum absolute atomic E-state index is 0.189. The zero-order valence-corrected chi connectivity index (χ0v) is 16.8. The fraction of sp³-hybridized carbons (Fsp3) is 0.545. The van der Waals surface area contributed by atoms with Crippen LogP contribution in [-0.2, 0) is 17.8 Å². The average Bonchev–Trinajstić information content (AvgIpc) is 3.23. The first-order valence-corrected chi connectivity index (χ1v) is 10.4. The second-order valence-corrected chi connectivity index (χ2v) is 8.30. The van der Waals surface area contributed by atoms with Gasteiger partial charge >= 0.3 is 0 Å². The highest BCUT2D eigenvalue weighted by Crippen LogP contribution is 2.32. The van der Waals surface area contributed by atoms with E-state index in [-0.39, 0.29) is 5.54 Å². The predicted molar refractivity (Wildman–Crippen MR) is 110 cm³/mol. The van der Waals surface area contributed by atoms with Gasteiger partial charge in [0.1, 0.15) is 0 Å². The van der Waals surface area contributed by atoms with Gasteiger partial charge in [-0.25, -0.2) is 4.98 Å². The summed E-state index contributed by atoms with van der Waals surface area (Å²) in [7, 11) is 2.25. The van der Waals surface area contributed by atoms with E-state index in [4.69, 9.17) is 0 Å². The van der Waals surface area contributed by atoms with Gasteiger partial charge in [0.15, 0.2) is 0 Å². The molecule has 2 saturated heterocycles. The number of likely N-dealkylation sites (N-methyl/N-ethyl adjacent to an activating group) is 1. The van der Waals surface area contributed by atoms with Crippen LogP contribution in [0.15, 0.2) is 42.9 Å². The molecule has 0 unspecified atom stereocenters. The third-order valence-corrected chi connectivity index (χ3v) is 6.55. The van der Waals surface area contributed by atoms with Crippen LogP contribution in [0.3, 0.4) is 0 Å². The number of amides is 1. The number of nitrogens with zero attached hydrogens (tertiary/aromatic N) is 4. The van der Waals surface area contributed by atoms with Crippen LogP contribution in [0.1, 0.15) is 30.5 Å². The molecule has 0 saturated carbocycles. The highest BCUT2D eigenvalue weighted by atomic mass is 16.2. The Morgan fingerprint density at radius 2 is 1.93 bits per heavy atom. The minimum atomic E-state index is 0.189. The molecular formula is C22H31N5O. The van der Waals surface area contributed by atoms with E-state index in [1.54, 1.807) is 6.33 Å². The van der Waals surface area contributed by atoms with Crippen molar-refractivity contribution in [2.24, 2.45) is 0 Å². The number of imidazole rings is 1. The second-order valence-electron chi connectivity index (χ2n) is 8.30. The molecule has 0 radical (unpaired) electrons. The van der Waals surface area contributed by atoms with Crippen LogP contribution in [0.4, 0.5) is 0 Å². The molecule has 0 aliphatic carbocycles. The molecule has 1 spiro atoms. The number of aromatic nitrogens is 2. The van der Waals surface area contributed by atoms with Gasteiger partial charge in [0.05, 0.1) is 6.33 Å². The maximum Gasteiger partial charge on any atom is 0.222 e. The molecule has 0 atom stereocenters. The van der Waals surface area contributed by atoms with E-state index in [1.807, 2.05) is 24.4 Å². The van der Waals surface area contributed by atoms with E-state index in [0.29, 0.717) is 12.3 Å². The summed E-state index contributed by atoms with van der Waals surface area (Å²) in [4.78, 5) is 27.2. The molecule has 1 amide bonds. The monoisotopic (exact) mass is 381 g/mol. The summed E-state index contributed by atoms with van der Waals surface area (Å²) in [5.74, 6) is 0.298. The molecule has 150 valence electrons. The molecule has 6 heteroatoms. The van der Waals surface area contributed by atoms with E-state index in [0.717, 1.165) is 58.5 Å². The Bertz CT molecular complexity index is 752. The highest BCUT2D eigenvalue weighted by molar-refractivity contribution is 5.76. The summed E-state index contributed by atoms with van der Waals surface area (Å²) >= 11 is 0. The zero-order chi connectivity index (χ0) is 19.4. The van der Waals surface area contributed by atoms with Gasteiger partial charge in [-0.2, -0.15) is 0 Å². The number of H-pyrrole nitrogens is 1. The molecule has 6 nitrogen and oxygen atoms in total. The summed E-state index contributed by atoms with van der Waals surface area (Å²) in [6.45, 7) is 5.89. The molecule has 4 rings (SSSR count). The van der Waals surface area contributed by atoms with Gasteiger partial charge < -0.3 is 9.88 Å². The number of likely N-dealkylation sites (tertiary alicyclic amines) is 1. The number of piperazine rings is 1. The smallest absolute Gasteiger partial charge is 0.222 e. The fourth-order valence-electron chi connectivity index (χ4n) is 4.66. The molecule has 3 heterocycles. The van der Waals surface area contributed by atoms with Crippen LogP contribution < -0.4 is 0 Å². The molecule has 2 fully saturated rings. The second kappa shape index (κ2) is 8.45. The number of rotatable bonds is 5. The molecule has 0 bridgehead atoms. The number of piperidine rings is 1. The van der Waals surface area contributed by atoms with Crippen LogP contribution in [0.5, 0.6) is 0 Å². The number of nitrogens with one attached hydrogen (secondary N) is 1. The van der Waals surface area contributed by atoms with Crippen molar-refractivity contribution in [3.8, 4) is 0 Å². The largest absolute Gasteiger partial charge is 0.347 e. The fourth-order valence-corrected chi connectivity index (χ4v) is 4.66. The van der Waals surface area contributed by atoms with Crippen LogP contribution in [0.25, 0.3) is 0 Å². The van der Waals surface area contributed by atoms with Crippen molar-refractivity contribution >= 4 is 5.91 Å². The van der Waals surface area contributed by atoms with Gasteiger partial charge in [-0.05, 0) is 31.9 Å². The summed E-state index contributed by atoms with van der Waals surface area (Å²) in [6.07, 6.45) is 7.22. The van der Waals surface area contributed by atoms with Gasteiger partial charge in [0.2, 0.25) is 5.91 Å². The van der Waals surface area contributed by atoms with Crippen LogP contribution in [0.2, 0.25) is 0 Å². The Labute approximate surface area is 167 Å². The van der Waals surface area contributed by atoms with Gasteiger partial charge in [-0.15, -0.1) is 0 Å². The van der Waals surface area contributed by atoms with Crippen LogP contribution in [0, 0.1) is 0 Å². The first-order valence-electron chi connectivity index (χ1n) is 10.4. The van der Waals surface area contributed by atoms with E-state index < -0.39 is 0 Å². The number of carbonyl (C=O) groups is 1. The van der Waals surface area contributed by atoms with E-state index >= 15 is 0 Å². The first kappa shape index (κ1) is 19.2. The number of hydrogen-bond donors (Lipinski definition) is 1.